The van der Waals surface area contributed by atoms with Gasteiger partial charge >= 0.3 is 11.8 Å². The van der Waals surface area contributed by atoms with Crippen LogP contribution in [-0.4, -0.2) is 11.0 Å². The Balaban J connectivity index is 1.82. The maximum Gasteiger partial charge on any atom is 0.417 e. The molecule has 0 fully saturated rings. The number of fused-ring (bicyclic) bond motifs is 1. The summed E-state index contributed by atoms with van der Waals surface area (Å²) in [6, 6.07) is 11.3. The van der Waals surface area contributed by atoms with E-state index in [2.05, 4.69) is 15.6 Å². The van der Waals surface area contributed by atoms with E-state index in [1.165, 1.54) is 0 Å². The standard InChI is InChI=1S/C14H10ClN3O3/c15-8-3-1-4-9(7-8)16-13(19)17-10-5-2-6-11-12(10)18-14(20)21-11/h1-7H,(H,18,20)(H2,16,17,19). The van der Waals surface area contributed by atoms with Gasteiger partial charge in [0.05, 0.1) is 5.69 Å². The lowest BCUT2D eigenvalue weighted by Crippen LogP contribution is -2.19. The van der Waals surface area contributed by atoms with E-state index < -0.39 is 11.8 Å². The van der Waals surface area contributed by atoms with E-state index in [0.717, 1.165) is 0 Å². The van der Waals surface area contributed by atoms with Crippen molar-refractivity contribution in [2.45, 2.75) is 0 Å². The Kier molecular flexibility index (Phi) is 3.37. The van der Waals surface area contributed by atoms with Gasteiger partial charge in [0, 0.05) is 10.7 Å². The quantitative estimate of drug-likeness (QED) is 0.678. The van der Waals surface area contributed by atoms with E-state index in [1.807, 2.05) is 0 Å². The number of anilines is 2. The zero-order chi connectivity index (χ0) is 14.8. The first-order valence-electron chi connectivity index (χ1n) is 6.07. The lowest BCUT2D eigenvalue weighted by Gasteiger charge is -2.08. The molecule has 1 aromatic heterocycles. The van der Waals surface area contributed by atoms with Crippen molar-refractivity contribution in [3.63, 3.8) is 0 Å². The number of aromatic amines is 1. The van der Waals surface area contributed by atoms with Gasteiger partial charge in [-0.2, -0.15) is 0 Å². The summed E-state index contributed by atoms with van der Waals surface area (Å²) in [6.45, 7) is 0. The second kappa shape index (κ2) is 5.34. The fourth-order valence-electron chi connectivity index (χ4n) is 1.93. The van der Waals surface area contributed by atoms with Crippen LogP contribution in [0.5, 0.6) is 0 Å². The van der Waals surface area contributed by atoms with Gasteiger partial charge in [0.2, 0.25) is 0 Å². The minimum absolute atomic E-state index is 0.376. The van der Waals surface area contributed by atoms with Crippen LogP contribution in [0.15, 0.2) is 51.7 Å². The number of H-pyrrole nitrogens is 1. The van der Waals surface area contributed by atoms with Crippen molar-refractivity contribution in [2.75, 3.05) is 10.6 Å². The number of halogens is 1. The molecule has 6 nitrogen and oxygen atoms in total. The fraction of sp³-hybridized carbons (Fsp3) is 0. The molecule has 2 aromatic carbocycles. The van der Waals surface area contributed by atoms with Crippen LogP contribution in [0.4, 0.5) is 16.2 Å². The summed E-state index contributed by atoms with van der Waals surface area (Å²) in [5, 5.41) is 5.81. The number of benzene rings is 2. The molecule has 0 aliphatic carbocycles. The molecule has 0 aliphatic heterocycles. The summed E-state index contributed by atoms with van der Waals surface area (Å²) in [5.41, 5.74) is 1.81. The molecular weight excluding hydrogens is 294 g/mol. The highest BCUT2D eigenvalue weighted by Crippen LogP contribution is 2.20. The molecule has 106 valence electrons. The number of rotatable bonds is 2. The van der Waals surface area contributed by atoms with Crippen LogP contribution in [0.2, 0.25) is 5.02 Å². The molecule has 0 atom stereocenters. The predicted octanol–water partition coefficient (Wildman–Crippen LogP) is 3.42. The molecule has 7 heteroatoms. The molecule has 3 aromatic rings. The summed E-state index contributed by atoms with van der Waals surface area (Å²) in [5.74, 6) is -0.575. The monoisotopic (exact) mass is 303 g/mol. The zero-order valence-corrected chi connectivity index (χ0v) is 11.4. The first-order chi connectivity index (χ1) is 10.1. The highest BCUT2D eigenvalue weighted by molar-refractivity contribution is 6.30. The number of hydrogen-bond donors (Lipinski definition) is 3. The molecular formula is C14H10ClN3O3. The van der Waals surface area contributed by atoms with Crippen LogP contribution in [-0.2, 0) is 0 Å². The Morgan fingerprint density at radius 2 is 1.95 bits per heavy atom. The lowest BCUT2D eigenvalue weighted by atomic mass is 10.3. The summed E-state index contributed by atoms with van der Waals surface area (Å²) in [6.07, 6.45) is 0. The van der Waals surface area contributed by atoms with Gasteiger partial charge in [0.15, 0.2) is 5.58 Å². The third-order valence-corrected chi connectivity index (χ3v) is 3.02. The third kappa shape index (κ3) is 2.90. The number of amides is 2. The Morgan fingerprint density at radius 3 is 2.76 bits per heavy atom. The highest BCUT2D eigenvalue weighted by atomic mass is 35.5. The molecule has 2 amide bonds. The normalized spacial score (nSPS) is 10.5. The minimum atomic E-state index is -0.575. The molecule has 0 bridgehead atoms. The van der Waals surface area contributed by atoms with Gasteiger partial charge in [-0.25, -0.2) is 9.59 Å². The highest BCUT2D eigenvalue weighted by Gasteiger charge is 2.09. The van der Waals surface area contributed by atoms with Crippen LogP contribution < -0.4 is 16.4 Å². The number of carbonyl (C=O) groups excluding carboxylic acids is 1. The van der Waals surface area contributed by atoms with E-state index in [-0.39, 0.29) is 0 Å². The smallest absolute Gasteiger partial charge is 0.408 e. The summed E-state index contributed by atoms with van der Waals surface area (Å²) < 4.78 is 4.92. The Hall–Kier alpha value is -2.73. The second-order valence-corrected chi connectivity index (χ2v) is 4.72. The molecule has 0 saturated heterocycles. The van der Waals surface area contributed by atoms with Gasteiger partial charge < -0.3 is 15.1 Å². The van der Waals surface area contributed by atoms with E-state index in [9.17, 15) is 9.59 Å². The Bertz CT molecular complexity index is 869. The summed E-state index contributed by atoms with van der Waals surface area (Å²) in [7, 11) is 0. The number of carbonyl (C=O) groups is 1. The maximum atomic E-state index is 12.0. The first kappa shape index (κ1) is 13.3. The third-order valence-electron chi connectivity index (χ3n) is 2.79. The molecule has 3 rings (SSSR count). The first-order valence-corrected chi connectivity index (χ1v) is 6.45. The summed E-state index contributed by atoms with van der Waals surface area (Å²) in [4.78, 5) is 25.7. The van der Waals surface area contributed by atoms with Gasteiger partial charge in [-0.3, -0.25) is 4.98 Å². The number of nitrogens with one attached hydrogen (secondary N) is 3. The van der Waals surface area contributed by atoms with Crippen molar-refractivity contribution >= 4 is 40.1 Å². The van der Waals surface area contributed by atoms with Crippen molar-refractivity contribution in [1.82, 2.24) is 4.98 Å². The van der Waals surface area contributed by atoms with Crippen LogP contribution in [0.25, 0.3) is 11.1 Å². The molecule has 0 aliphatic rings. The molecule has 0 spiro atoms. The summed E-state index contributed by atoms with van der Waals surface area (Å²) >= 11 is 5.85. The molecule has 0 unspecified atom stereocenters. The topological polar surface area (TPSA) is 87.1 Å². The lowest BCUT2D eigenvalue weighted by molar-refractivity contribution is 0.262. The van der Waals surface area contributed by atoms with Crippen molar-refractivity contribution in [3.8, 4) is 0 Å². The Labute approximate surface area is 123 Å². The Morgan fingerprint density at radius 1 is 1.14 bits per heavy atom. The van der Waals surface area contributed by atoms with Crippen molar-refractivity contribution < 1.29 is 9.21 Å². The number of oxazole rings is 1. The van der Waals surface area contributed by atoms with Gasteiger partial charge in [-0.15, -0.1) is 0 Å². The number of hydrogen-bond acceptors (Lipinski definition) is 3. The molecule has 0 saturated carbocycles. The van der Waals surface area contributed by atoms with Crippen LogP contribution in [0, 0.1) is 0 Å². The zero-order valence-electron chi connectivity index (χ0n) is 10.6. The van der Waals surface area contributed by atoms with E-state index in [4.69, 9.17) is 16.0 Å². The number of para-hydroxylation sites is 1. The van der Waals surface area contributed by atoms with Gasteiger partial charge in [-0.05, 0) is 30.3 Å². The molecule has 21 heavy (non-hydrogen) atoms. The predicted molar refractivity (Wildman–Crippen MR) is 80.9 cm³/mol. The van der Waals surface area contributed by atoms with Gasteiger partial charge in [0.25, 0.3) is 0 Å². The van der Waals surface area contributed by atoms with Crippen molar-refractivity contribution in [1.29, 1.82) is 0 Å². The van der Waals surface area contributed by atoms with Crippen LogP contribution in [0.3, 0.4) is 0 Å². The molecule has 1 heterocycles. The van der Waals surface area contributed by atoms with E-state index in [0.29, 0.717) is 27.5 Å². The average molecular weight is 304 g/mol. The van der Waals surface area contributed by atoms with Gasteiger partial charge in [-0.1, -0.05) is 23.7 Å². The minimum Gasteiger partial charge on any atom is -0.408 e. The van der Waals surface area contributed by atoms with Crippen LogP contribution in [0.1, 0.15) is 0 Å². The van der Waals surface area contributed by atoms with Crippen LogP contribution >= 0.6 is 11.6 Å². The van der Waals surface area contributed by atoms with Crippen molar-refractivity contribution in [2.24, 2.45) is 0 Å². The van der Waals surface area contributed by atoms with Gasteiger partial charge in [0.1, 0.15) is 5.52 Å². The van der Waals surface area contributed by atoms with E-state index in [1.54, 1.807) is 42.5 Å². The molecule has 0 radical (unpaired) electrons. The maximum absolute atomic E-state index is 12.0. The fourth-order valence-corrected chi connectivity index (χ4v) is 2.12. The molecule has 3 N–H and O–H groups in total. The second-order valence-electron chi connectivity index (χ2n) is 4.28. The van der Waals surface area contributed by atoms with E-state index >= 15 is 0 Å². The SMILES string of the molecule is O=C(Nc1cccc(Cl)c1)Nc1cccc2oc(=O)[nH]c12. The average Bonchev–Trinajstić information content (AvgIpc) is 2.80. The largest absolute Gasteiger partial charge is 0.417 e. The number of aromatic nitrogens is 1. The van der Waals surface area contributed by atoms with Crippen molar-refractivity contribution in [3.05, 3.63) is 58.0 Å². The number of urea groups is 1.